The molecule has 1 heterocycles. The molecule has 1 aromatic rings. The topological polar surface area (TPSA) is 54.0 Å². The third kappa shape index (κ3) is 3.47. The first-order valence-corrected chi connectivity index (χ1v) is 7.99. The van der Waals surface area contributed by atoms with Crippen molar-refractivity contribution in [2.24, 2.45) is 0 Å². The van der Waals surface area contributed by atoms with Crippen LogP contribution in [0.1, 0.15) is 25.3 Å². The predicted octanol–water partition coefficient (Wildman–Crippen LogP) is 3.35. The summed E-state index contributed by atoms with van der Waals surface area (Å²) in [6.45, 7) is 2.08. The number of methoxy groups -OCH3 is 2. The minimum atomic E-state index is -4.92. The van der Waals surface area contributed by atoms with Gasteiger partial charge >= 0.3 is 12.1 Å². The van der Waals surface area contributed by atoms with E-state index in [0.717, 1.165) is 33.3 Å². The van der Waals surface area contributed by atoms with Crippen LogP contribution in [0.15, 0.2) is 12.1 Å². The lowest BCUT2D eigenvalue weighted by atomic mass is 9.83. The Morgan fingerprint density at radius 2 is 1.89 bits per heavy atom. The largest absolute Gasteiger partial charge is 0.493 e. The highest BCUT2D eigenvalue weighted by molar-refractivity contribution is 5.77. The van der Waals surface area contributed by atoms with E-state index in [-0.39, 0.29) is 12.2 Å². The molecule has 0 unspecified atom stereocenters. The van der Waals surface area contributed by atoms with Crippen molar-refractivity contribution in [3.63, 3.8) is 0 Å². The van der Waals surface area contributed by atoms with Gasteiger partial charge in [0.1, 0.15) is 6.10 Å². The molecule has 10 heteroatoms. The van der Waals surface area contributed by atoms with Crippen molar-refractivity contribution in [2.75, 3.05) is 20.8 Å². The van der Waals surface area contributed by atoms with Crippen LogP contribution in [-0.2, 0) is 19.0 Å². The van der Waals surface area contributed by atoms with Gasteiger partial charge in [0.2, 0.25) is 5.82 Å². The number of rotatable bonds is 5. The minimum absolute atomic E-state index is 0.110. The van der Waals surface area contributed by atoms with Crippen molar-refractivity contribution in [2.45, 2.75) is 43.8 Å². The summed E-state index contributed by atoms with van der Waals surface area (Å²) >= 11 is 0. The Kier molecular flexibility index (Phi) is 6.00. The summed E-state index contributed by atoms with van der Waals surface area (Å²) in [5.74, 6) is -5.82. The van der Waals surface area contributed by atoms with Gasteiger partial charge < -0.3 is 18.9 Å². The molecular formula is C17H19F5O5. The van der Waals surface area contributed by atoms with Crippen LogP contribution in [0.3, 0.4) is 0 Å². The number of benzene rings is 1. The Labute approximate surface area is 152 Å². The van der Waals surface area contributed by atoms with E-state index in [2.05, 4.69) is 0 Å². The van der Waals surface area contributed by atoms with Crippen molar-refractivity contribution in [1.82, 2.24) is 0 Å². The van der Waals surface area contributed by atoms with Crippen molar-refractivity contribution in [3.05, 3.63) is 29.3 Å². The highest BCUT2D eigenvalue weighted by atomic mass is 19.4. The predicted molar refractivity (Wildman–Crippen MR) is 82.4 cm³/mol. The van der Waals surface area contributed by atoms with Gasteiger partial charge in [0.15, 0.2) is 23.3 Å². The van der Waals surface area contributed by atoms with E-state index in [1.807, 2.05) is 0 Å². The van der Waals surface area contributed by atoms with Gasteiger partial charge in [0.25, 0.3) is 0 Å². The monoisotopic (exact) mass is 398 g/mol. The lowest BCUT2D eigenvalue weighted by molar-refractivity contribution is -0.285. The molecule has 27 heavy (non-hydrogen) atoms. The van der Waals surface area contributed by atoms with Crippen LogP contribution in [0, 0.1) is 11.6 Å². The molecule has 0 amide bonds. The van der Waals surface area contributed by atoms with Crippen molar-refractivity contribution < 1.29 is 45.7 Å². The molecule has 0 radical (unpaired) electrons. The molecule has 4 atom stereocenters. The third-order valence-corrected chi connectivity index (χ3v) is 4.55. The number of halogens is 5. The second kappa shape index (κ2) is 7.59. The quantitative estimate of drug-likeness (QED) is 0.563. The zero-order valence-corrected chi connectivity index (χ0v) is 15.0. The maximum Gasteiger partial charge on any atom is 0.419 e. The number of hydrogen-bond acceptors (Lipinski definition) is 5. The summed E-state index contributed by atoms with van der Waals surface area (Å²) < 4.78 is 88.5. The van der Waals surface area contributed by atoms with Crippen LogP contribution in [0.2, 0.25) is 0 Å². The van der Waals surface area contributed by atoms with E-state index in [9.17, 15) is 26.7 Å². The molecule has 0 bridgehead atoms. The zero-order chi connectivity index (χ0) is 20.6. The molecular weight excluding hydrogens is 379 g/mol. The van der Waals surface area contributed by atoms with E-state index in [4.69, 9.17) is 18.9 Å². The van der Waals surface area contributed by atoms with E-state index in [0.29, 0.717) is 0 Å². The first kappa shape index (κ1) is 21.4. The van der Waals surface area contributed by atoms with E-state index < -0.39 is 53.3 Å². The second-order valence-electron chi connectivity index (χ2n) is 6.06. The highest BCUT2D eigenvalue weighted by Crippen LogP contribution is 2.52. The van der Waals surface area contributed by atoms with Crippen molar-refractivity contribution in [3.8, 4) is 5.75 Å². The summed E-state index contributed by atoms with van der Waals surface area (Å²) in [7, 11) is 2.03. The summed E-state index contributed by atoms with van der Waals surface area (Å²) in [4.78, 5) is 12.3. The third-order valence-electron chi connectivity index (χ3n) is 4.55. The van der Waals surface area contributed by atoms with Gasteiger partial charge in [-0.2, -0.15) is 17.6 Å². The van der Waals surface area contributed by atoms with Crippen LogP contribution in [0.4, 0.5) is 22.0 Å². The highest BCUT2D eigenvalue weighted by Gasteiger charge is 2.68. The first-order valence-electron chi connectivity index (χ1n) is 7.99. The van der Waals surface area contributed by atoms with Gasteiger partial charge in [0, 0.05) is 12.7 Å². The average molecular weight is 398 g/mol. The van der Waals surface area contributed by atoms with Crippen molar-refractivity contribution >= 4 is 5.97 Å². The first-order chi connectivity index (χ1) is 12.5. The van der Waals surface area contributed by atoms with Gasteiger partial charge in [-0.25, -0.2) is 9.18 Å². The molecule has 1 fully saturated rings. The molecule has 0 saturated carbocycles. The van der Waals surface area contributed by atoms with E-state index in [1.165, 1.54) is 6.92 Å². The van der Waals surface area contributed by atoms with Gasteiger partial charge in [-0.15, -0.1) is 0 Å². The smallest absolute Gasteiger partial charge is 0.419 e. The summed E-state index contributed by atoms with van der Waals surface area (Å²) in [5.41, 5.74) is -3.09. The molecule has 1 aromatic carbocycles. The minimum Gasteiger partial charge on any atom is -0.493 e. The lowest BCUT2D eigenvalue weighted by Gasteiger charge is -2.33. The molecule has 0 spiro atoms. The number of alkyl halides is 3. The van der Waals surface area contributed by atoms with Crippen molar-refractivity contribution in [1.29, 1.82) is 0 Å². The van der Waals surface area contributed by atoms with Crippen LogP contribution >= 0.6 is 0 Å². The van der Waals surface area contributed by atoms with E-state index in [1.54, 1.807) is 0 Å². The number of carbonyl (C=O) groups is 1. The number of ether oxygens (including phenoxy) is 4. The van der Waals surface area contributed by atoms with Gasteiger partial charge in [0.05, 0.1) is 19.6 Å². The standard InChI is InChI=1S/C17H19F5O5/c1-5-26-15(23)13-10(8-6-7-9(18)11(19)12(8)24-3)14(25-4)16(2,27-13)17(20,21)22/h6-7,10,13-14H,5H2,1-4H3/t10-,13-,14-,16+/m0/s1. The summed E-state index contributed by atoms with van der Waals surface area (Å²) in [5, 5.41) is 0. The average Bonchev–Trinajstić information content (AvgIpc) is 2.91. The van der Waals surface area contributed by atoms with Crippen LogP contribution in [-0.4, -0.2) is 50.8 Å². The van der Waals surface area contributed by atoms with Gasteiger partial charge in [-0.3, -0.25) is 0 Å². The Morgan fingerprint density at radius 3 is 2.37 bits per heavy atom. The molecule has 2 rings (SSSR count). The van der Waals surface area contributed by atoms with Gasteiger partial charge in [-0.1, -0.05) is 6.07 Å². The second-order valence-corrected chi connectivity index (χ2v) is 6.06. The summed E-state index contributed by atoms with van der Waals surface area (Å²) in [6.07, 6.45) is -8.43. The maximum atomic E-state index is 14.1. The number of carbonyl (C=O) groups excluding carboxylic acids is 1. The molecule has 1 saturated heterocycles. The molecule has 5 nitrogen and oxygen atoms in total. The van der Waals surface area contributed by atoms with Crippen LogP contribution in [0.5, 0.6) is 5.75 Å². The van der Waals surface area contributed by atoms with Crippen LogP contribution < -0.4 is 4.74 Å². The Balaban J connectivity index is 2.68. The molecule has 152 valence electrons. The van der Waals surface area contributed by atoms with E-state index >= 15 is 0 Å². The Morgan fingerprint density at radius 1 is 1.26 bits per heavy atom. The van der Waals surface area contributed by atoms with Crippen LogP contribution in [0.25, 0.3) is 0 Å². The molecule has 1 aliphatic rings. The number of hydrogen-bond donors (Lipinski definition) is 0. The maximum absolute atomic E-state index is 14.1. The Bertz CT molecular complexity index is 708. The fraction of sp³-hybridized carbons (Fsp3) is 0.588. The fourth-order valence-corrected chi connectivity index (χ4v) is 3.27. The lowest BCUT2D eigenvalue weighted by Crippen LogP contribution is -2.51. The normalized spacial score (nSPS) is 28.3. The molecule has 0 N–H and O–H groups in total. The van der Waals surface area contributed by atoms with Gasteiger partial charge in [-0.05, 0) is 19.9 Å². The zero-order valence-electron chi connectivity index (χ0n) is 15.0. The molecule has 0 aliphatic carbocycles. The SMILES string of the molecule is CCOC(=O)[C@H]1O[C@@](C)(C(F)(F)F)[C@@H](OC)[C@H]1c1ccc(F)c(F)c1OC. The summed E-state index contributed by atoms with van der Waals surface area (Å²) in [6, 6.07) is 1.76. The molecule has 0 aromatic heterocycles. The number of esters is 1. The fourth-order valence-electron chi connectivity index (χ4n) is 3.27. The molecule has 1 aliphatic heterocycles. The Hall–Kier alpha value is -1.94.